The molecule has 0 atom stereocenters. The van der Waals surface area contributed by atoms with E-state index < -0.39 is 0 Å². The largest absolute Gasteiger partial charge is 0.493 e. The number of aliphatic hydroxyl groups is 1. The molecule has 0 saturated heterocycles. The molecule has 0 amide bonds. The van der Waals surface area contributed by atoms with Crippen LogP contribution < -0.4 is 9.47 Å². The van der Waals surface area contributed by atoms with Crippen molar-refractivity contribution in [3.8, 4) is 11.5 Å². The summed E-state index contributed by atoms with van der Waals surface area (Å²) in [7, 11) is 1.58. The molecule has 0 aliphatic rings. The number of hydrogen-bond acceptors (Lipinski definition) is 4. The summed E-state index contributed by atoms with van der Waals surface area (Å²) in [5.41, 5.74) is 0.800. The Hall–Kier alpha value is -2.01. The summed E-state index contributed by atoms with van der Waals surface area (Å²) >= 11 is 0. The van der Waals surface area contributed by atoms with Gasteiger partial charge in [0.1, 0.15) is 6.61 Å². The van der Waals surface area contributed by atoms with Crippen molar-refractivity contribution in [2.45, 2.75) is 13.2 Å². The highest BCUT2D eigenvalue weighted by atomic mass is 16.5. The third-order valence-corrected chi connectivity index (χ3v) is 2.58. The van der Waals surface area contributed by atoms with Gasteiger partial charge in [-0.3, -0.25) is 0 Å². The summed E-state index contributed by atoms with van der Waals surface area (Å²) < 4.78 is 12.8. The van der Waals surface area contributed by atoms with Crippen LogP contribution in [0.5, 0.6) is 11.5 Å². The molecule has 2 aromatic rings. The van der Waals surface area contributed by atoms with Gasteiger partial charge in [0.2, 0.25) is 0 Å². The van der Waals surface area contributed by atoms with Crippen LogP contribution >= 0.6 is 0 Å². The molecule has 5 nitrogen and oxygen atoms in total. The maximum absolute atomic E-state index is 9.04. The minimum absolute atomic E-state index is 0.00826. The highest BCUT2D eigenvalue weighted by molar-refractivity contribution is 5.42. The number of benzene rings is 1. The van der Waals surface area contributed by atoms with E-state index in [1.165, 1.54) is 0 Å². The Kier molecular flexibility index (Phi) is 4.20. The van der Waals surface area contributed by atoms with Crippen LogP contribution in [-0.2, 0) is 13.2 Å². The molecule has 5 heteroatoms. The van der Waals surface area contributed by atoms with Crippen molar-refractivity contribution in [2.75, 3.05) is 13.7 Å². The molecule has 2 rings (SSSR count). The predicted molar refractivity (Wildman–Crippen MR) is 66.6 cm³/mol. The first kappa shape index (κ1) is 12.4. The van der Waals surface area contributed by atoms with Crippen LogP contribution in [0.25, 0.3) is 0 Å². The molecule has 1 N–H and O–H groups in total. The zero-order valence-corrected chi connectivity index (χ0v) is 10.2. The SMILES string of the molecule is COc1cc(CO)ccc1OCCn1ccnc1. The molecule has 0 radical (unpaired) electrons. The van der Waals surface area contributed by atoms with Gasteiger partial charge in [-0.2, -0.15) is 0 Å². The minimum Gasteiger partial charge on any atom is -0.493 e. The monoisotopic (exact) mass is 248 g/mol. The zero-order valence-electron chi connectivity index (χ0n) is 10.2. The molecule has 96 valence electrons. The predicted octanol–water partition coefficient (Wildman–Crippen LogP) is 1.46. The second kappa shape index (κ2) is 6.07. The lowest BCUT2D eigenvalue weighted by Gasteiger charge is -2.11. The van der Waals surface area contributed by atoms with Crippen molar-refractivity contribution in [2.24, 2.45) is 0 Å². The smallest absolute Gasteiger partial charge is 0.161 e. The van der Waals surface area contributed by atoms with E-state index in [2.05, 4.69) is 4.98 Å². The van der Waals surface area contributed by atoms with Crippen molar-refractivity contribution in [1.29, 1.82) is 0 Å². The molecule has 18 heavy (non-hydrogen) atoms. The molecular weight excluding hydrogens is 232 g/mol. The molecule has 0 aliphatic heterocycles. The number of imidazole rings is 1. The van der Waals surface area contributed by atoms with Crippen molar-refractivity contribution in [3.63, 3.8) is 0 Å². The Morgan fingerprint density at radius 2 is 2.22 bits per heavy atom. The van der Waals surface area contributed by atoms with Gasteiger partial charge in [-0.05, 0) is 17.7 Å². The molecule has 0 fully saturated rings. The average Bonchev–Trinajstić information content (AvgIpc) is 2.92. The molecule has 1 aromatic heterocycles. The Bertz CT molecular complexity index is 483. The summed E-state index contributed by atoms with van der Waals surface area (Å²) in [6.07, 6.45) is 5.36. The first-order valence-corrected chi connectivity index (χ1v) is 5.70. The molecule has 0 saturated carbocycles. The molecule has 1 heterocycles. The average molecular weight is 248 g/mol. The summed E-state index contributed by atoms with van der Waals surface area (Å²) in [6, 6.07) is 5.39. The van der Waals surface area contributed by atoms with Crippen LogP contribution in [0.1, 0.15) is 5.56 Å². The number of aromatic nitrogens is 2. The first-order chi connectivity index (χ1) is 8.83. The van der Waals surface area contributed by atoms with E-state index in [0.717, 1.165) is 12.1 Å². The zero-order chi connectivity index (χ0) is 12.8. The van der Waals surface area contributed by atoms with E-state index in [1.54, 1.807) is 31.8 Å². The lowest BCUT2D eigenvalue weighted by atomic mass is 10.2. The fraction of sp³-hybridized carbons (Fsp3) is 0.308. The van der Waals surface area contributed by atoms with Gasteiger partial charge < -0.3 is 19.1 Å². The van der Waals surface area contributed by atoms with E-state index >= 15 is 0 Å². The van der Waals surface area contributed by atoms with Gasteiger partial charge in [0, 0.05) is 12.4 Å². The Labute approximate surface area is 106 Å². The second-order valence-electron chi connectivity index (χ2n) is 3.79. The number of aliphatic hydroxyl groups excluding tert-OH is 1. The molecule has 0 aliphatic carbocycles. The Morgan fingerprint density at radius 1 is 1.33 bits per heavy atom. The van der Waals surface area contributed by atoms with E-state index in [-0.39, 0.29) is 6.61 Å². The number of methoxy groups -OCH3 is 1. The lowest BCUT2D eigenvalue weighted by molar-refractivity contribution is 0.272. The van der Waals surface area contributed by atoms with Gasteiger partial charge in [-0.1, -0.05) is 6.07 Å². The standard InChI is InChI=1S/C13H16N2O3/c1-17-13-8-11(9-16)2-3-12(13)18-7-6-15-5-4-14-10-15/h2-5,8,10,16H,6-7,9H2,1H3. The van der Waals surface area contributed by atoms with Gasteiger partial charge in [0.05, 0.1) is 26.6 Å². The highest BCUT2D eigenvalue weighted by Gasteiger charge is 2.05. The maximum atomic E-state index is 9.04. The third kappa shape index (κ3) is 3.01. The Morgan fingerprint density at radius 3 is 2.89 bits per heavy atom. The molecule has 0 spiro atoms. The van der Waals surface area contributed by atoms with Crippen molar-refractivity contribution in [3.05, 3.63) is 42.5 Å². The van der Waals surface area contributed by atoms with Crippen LogP contribution in [-0.4, -0.2) is 28.4 Å². The first-order valence-electron chi connectivity index (χ1n) is 5.70. The third-order valence-electron chi connectivity index (χ3n) is 2.58. The number of nitrogens with zero attached hydrogens (tertiary/aromatic N) is 2. The van der Waals surface area contributed by atoms with E-state index in [1.807, 2.05) is 16.8 Å². The summed E-state index contributed by atoms with van der Waals surface area (Å²) in [6.45, 7) is 1.25. The topological polar surface area (TPSA) is 56.5 Å². The number of rotatable bonds is 6. The molecular formula is C13H16N2O3. The fourth-order valence-corrected chi connectivity index (χ4v) is 1.61. The lowest BCUT2D eigenvalue weighted by Crippen LogP contribution is -2.07. The van der Waals surface area contributed by atoms with E-state index in [9.17, 15) is 0 Å². The summed E-state index contributed by atoms with van der Waals surface area (Å²) in [5, 5.41) is 9.04. The van der Waals surface area contributed by atoms with Crippen molar-refractivity contribution < 1.29 is 14.6 Å². The van der Waals surface area contributed by atoms with Gasteiger partial charge in [0.25, 0.3) is 0 Å². The number of hydrogen-bond donors (Lipinski definition) is 1. The second-order valence-corrected chi connectivity index (χ2v) is 3.79. The van der Waals surface area contributed by atoms with Gasteiger partial charge >= 0.3 is 0 Å². The molecule has 0 bridgehead atoms. The minimum atomic E-state index is -0.00826. The summed E-state index contributed by atoms with van der Waals surface area (Å²) in [4.78, 5) is 3.96. The maximum Gasteiger partial charge on any atom is 0.161 e. The van der Waals surface area contributed by atoms with Crippen LogP contribution in [0.15, 0.2) is 36.9 Å². The van der Waals surface area contributed by atoms with E-state index in [0.29, 0.717) is 18.1 Å². The Balaban J connectivity index is 1.96. The van der Waals surface area contributed by atoms with Crippen LogP contribution in [0.4, 0.5) is 0 Å². The van der Waals surface area contributed by atoms with Crippen LogP contribution in [0, 0.1) is 0 Å². The van der Waals surface area contributed by atoms with Crippen molar-refractivity contribution in [1.82, 2.24) is 9.55 Å². The van der Waals surface area contributed by atoms with E-state index in [4.69, 9.17) is 14.6 Å². The number of ether oxygens (including phenoxy) is 2. The van der Waals surface area contributed by atoms with Crippen LogP contribution in [0.3, 0.4) is 0 Å². The highest BCUT2D eigenvalue weighted by Crippen LogP contribution is 2.28. The molecule has 0 unspecified atom stereocenters. The van der Waals surface area contributed by atoms with Crippen LogP contribution in [0.2, 0.25) is 0 Å². The molecule has 1 aromatic carbocycles. The summed E-state index contributed by atoms with van der Waals surface area (Å²) in [5.74, 6) is 1.31. The van der Waals surface area contributed by atoms with Gasteiger partial charge in [0.15, 0.2) is 11.5 Å². The van der Waals surface area contributed by atoms with Gasteiger partial charge in [-0.15, -0.1) is 0 Å². The van der Waals surface area contributed by atoms with Crippen molar-refractivity contribution >= 4 is 0 Å². The normalized spacial score (nSPS) is 10.3. The van der Waals surface area contributed by atoms with Gasteiger partial charge in [-0.25, -0.2) is 4.98 Å². The fourth-order valence-electron chi connectivity index (χ4n) is 1.61. The quantitative estimate of drug-likeness (QED) is 0.841.